The van der Waals surface area contributed by atoms with Crippen molar-refractivity contribution in [1.29, 1.82) is 0 Å². The van der Waals surface area contributed by atoms with Crippen LogP contribution in [0.1, 0.15) is 24.3 Å². The van der Waals surface area contributed by atoms with Crippen molar-refractivity contribution in [3.8, 4) is 0 Å². The average molecular weight is 287 g/mol. The molecule has 3 rings (SSSR count). The SMILES string of the molecule is CNC(=O)C1(C(=O)N2C[C@@H](N)[C@H](c3ccccc3)C2)CC1. The molecule has 1 heterocycles. The minimum atomic E-state index is -0.819. The summed E-state index contributed by atoms with van der Waals surface area (Å²) >= 11 is 0. The third kappa shape index (κ3) is 2.31. The van der Waals surface area contributed by atoms with Gasteiger partial charge in [0.2, 0.25) is 11.8 Å². The number of hydrogen-bond acceptors (Lipinski definition) is 3. The topological polar surface area (TPSA) is 75.4 Å². The smallest absolute Gasteiger partial charge is 0.238 e. The molecule has 1 saturated heterocycles. The number of likely N-dealkylation sites (tertiary alicyclic amines) is 1. The van der Waals surface area contributed by atoms with Crippen LogP contribution in [-0.4, -0.2) is 42.9 Å². The lowest BCUT2D eigenvalue weighted by Crippen LogP contribution is -2.44. The zero-order valence-electron chi connectivity index (χ0n) is 12.2. The maximum Gasteiger partial charge on any atom is 0.238 e. The van der Waals surface area contributed by atoms with E-state index in [9.17, 15) is 9.59 Å². The highest BCUT2D eigenvalue weighted by Gasteiger charge is 2.58. The average Bonchev–Trinajstić information content (AvgIpc) is 3.24. The first kappa shape index (κ1) is 14.1. The molecule has 1 aliphatic heterocycles. The maximum atomic E-state index is 12.7. The van der Waals surface area contributed by atoms with Gasteiger partial charge in [0, 0.05) is 32.1 Å². The van der Waals surface area contributed by atoms with Crippen LogP contribution in [0.15, 0.2) is 30.3 Å². The molecule has 21 heavy (non-hydrogen) atoms. The Hall–Kier alpha value is -1.88. The molecule has 1 aromatic rings. The van der Waals surface area contributed by atoms with E-state index in [1.165, 1.54) is 0 Å². The lowest BCUT2D eigenvalue weighted by Gasteiger charge is -2.22. The summed E-state index contributed by atoms with van der Waals surface area (Å²) in [5.74, 6) is -0.0735. The molecule has 0 radical (unpaired) electrons. The summed E-state index contributed by atoms with van der Waals surface area (Å²) in [5.41, 5.74) is 6.56. The second-order valence-corrected chi connectivity index (χ2v) is 6.05. The molecule has 1 aromatic carbocycles. The third-order valence-electron chi connectivity index (χ3n) is 4.70. The van der Waals surface area contributed by atoms with Crippen LogP contribution in [0.3, 0.4) is 0 Å². The molecule has 5 nitrogen and oxygen atoms in total. The first-order valence-electron chi connectivity index (χ1n) is 7.40. The number of rotatable bonds is 3. The molecule has 2 aliphatic rings. The first-order valence-corrected chi connectivity index (χ1v) is 7.40. The van der Waals surface area contributed by atoms with E-state index in [-0.39, 0.29) is 23.8 Å². The zero-order chi connectivity index (χ0) is 15.0. The van der Waals surface area contributed by atoms with E-state index in [4.69, 9.17) is 5.73 Å². The molecule has 1 aliphatic carbocycles. The van der Waals surface area contributed by atoms with Crippen LogP contribution < -0.4 is 11.1 Å². The normalized spacial score (nSPS) is 26.5. The fraction of sp³-hybridized carbons (Fsp3) is 0.500. The Balaban J connectivity index is 1.75. The molecule has 2 atom stereocenters. The summed E-state index contributed by atoms with van der Waals surface area (Å²) in [6.07, 6.45) is 1.29. The third-order valence-corrected chi connectivity index (χ3v) is 4.70. The fourth-order valence-corrected chi connectivity index (χ4v) is 3.25. The van der Waals surface area contributed by atoms with Crippen LogP contribution >= 0.6 is 0 Å². The molecular weight excluding hydrogens is 266 g/mol. The summed E-state index contributed by atoms with van der Waals surface area (Å²) in [4.78, 5) is 26.4. The van der Waals surface area contributed by atoms with Crippen molar-refractivity contribution in [1.82, 2.24) is 10.2 Å². The van der Waals surface area contributed by atoms with E-state index < -0.39 is 5.41 Å². The van der Waals surface area contributed by atoms with E-state index in [1.807, 2.05) is 30.3 Å². The van der Waals surface area contributed by atoms with Crippen molar-refractivity contribution in [2.24, 2.45) is 11.1 Å². The van der Waals surface area contributed by atoms with Crippen molar-refractivity contribution in [2.45, 2.75) is 24.8 Å². The van der Waals surface area contributed by atoms with Crippen LogP contribution in [0.25, 0.3) is 0 Å². The molecule has 3 N–H and O–H groups in total. The predicted molar refractivity (Wildman–Crippen MR) is 79.5 cm³/mol. The Morgan fingerprint density at radius 2 is 1.90 bits per heavy atom. The summed E-state index contributed by atoms with van der Waals surface area (Å²) in [6.45, 7) is 1.12. The highest BCUT2D eigenvalue weighted by Crippen LogP contribution is 2.48. The first-order chi connectivity index (χ1) is 10.1. The number of amides is 2. The van der Waals surface area contributed by atoms with Crippen LogP contribution in [0, 0.1) is 5.41 Å². The molecule has 2 fully saturated rings. The van der Waals surface area contributed by atoms with Crippen molar-refractivity contribution in [3.63, 3.8) is 0 Å². The zero-order valence-corrected chi connectivity index (χ0v) is 12.2. The fourth-order valence-electron chi connectivity index (χ4n) is 3.25. The highest BCUT2D eigenvalue weighted by molar-refractivity contribution is 6.07. The molecule has 112 valence electrons. The second kappa shape index (κ2) is 5.15. The van der Waals surface area contributed by atoms with Gasteiger partial charge < -0.3 is 16.0 Å². The number of carbonyl (C=O) groups excluding carboxylic acids is 2. The quantitative estimate of drug-likeness (QED) is 0.793. The summed E-state index contributed by atoms with van der Waals surface area (Å²) in [7, 11) is 1.58. The summed E-state index contributed by atoms with van der Waals surface area (Å²) < 4.78 is 0. The van der Waals surface area contributed by atoms with Crippen molar-refractivity contribution in [3.05, 3.63) is 35.9 Å². The van der Waals surface area contributed by atoms with Gasteiger partial charge >= 0.3 is 0 Å². The van der Waals surface area contributed by atoms with E-state index in [0.29, 0.717) is 25.9 Å². The molecule has 5 heteroatoms. The molecule has 0 spiro atoms. The second-order valence-electron chi connectivity index (χ2n) is 6.05. The van der Waals surface area contributed by atoms with Crippen LogP contribution in [0.2, 0.25) is 0 Å². The monoisotopic (exact) mass is 287 g/mol. The Kier molecular flexibility index (Phi) is 3.45. The van der Waals surface area contributed by atoms with Crippen molar-refractivity contribution >= 4 is 11.8 Å². The molecule has 0 aromatic heterocycles. The molecule has 0 unspecified atom stereocenters. The minimum absolute atomic E-state index is 0.0595. The van der Waals surface area contributed by atoms with Gasteiger partial charge in [-0.15, -0.1) is 0 Å². The van der Waals surface area contributed by atoms with E-state index in [1.54, 1.807) is 11.9 Å². The van der Waals surface area contributed by atoms with Gasteiger partial charge in [0.05, 0.1) is 0 Å². The number of carbonyl (C=O) groups is 2. The molecular formula is C16H21N3O2. The van der Waals surface area contributed by atoms with Crippen LogP contribution in [-0.2, 0) is 9.59 Å². The Labute approximate surface area is 124 Å². The number of nitrogens with zero attached hydrogens (tertiary/aromatic N) is 1. The van der Waals surface area contributed by atoms with Gasteiger partial charge in [-0.1, -0.05) is 30.3 Å². The van der Waals surface area contributed by atoms with Crippen molar-refractivity contribution < 1.29 is 9.59 Å². The van der Waals surface area contributed by atoms with E-state index >= 15 is 0 Å². The number of nitrogens with one attached hydrogen (secondary N) is 1. The lowest BCUT2D eigenvalue weighted by molar-refractivity contribution is -0.143. The van der Waals surface area contributed by atoms with Crippen LogP contribution in [0.5, 0.6) is 0 Å². The summed E-state index contributed by atoms with van der Waals surface area (Å²) in [5, 5.41) is 2.61. The van der Waals surface area contributed by atoms with Crippen molar-refractivity contribution in [2.75, 3.05) is 20.1 Å². The Bertz CT molecular complexity index is 554. The van der Waals surface area contributed by atoms with Gasteiger partial charge in [-0.25, -0.2) is 0 Å². The van der Waals surface area contributed by atoms with Gasteiger partial charge in [0.1, 0.15) is 5.41 Å². The van der Waals surface area contributed by atoms with Gasteiger partial charge in [0.25, 0.3) is 0 Å². The Morgan fingerprint density at radius 1 is 1.24 bits per heavy atom. The maximum absolute atomic E-state index is 12.7. The number of nitrogens with two attached hydrogens (primary N) is 1. The highest BCUT2D eigenvalue weighted by atomic mass is 16.2. The van der Waals surface area contributed by atoms with Gasteiger partial charge in [-0.3, -0.25) is 9.59 Å². The van der Waals surface area contributed by atoms with Gasteiger partial charge in [-0.2, -0.15) is 0 Å². The molecule has 0 bridgehead atoms. The number of benzene rings is 1. The van der Waals surface area contributed by atoms with Gasteiger partial charge in [-0.05, 0) is 18.4 Å². The summed E-state index contributed by atoms with van der Waals surface area (Å²) in [6, 6.07) is 9.96. The van der Waals surface area contributed by atoms with E-state index in [0.717, 1.165) is 5.56 Å². The Morgan fingerprint density at radius 3 is 2.48 bits per heavy atom. The number of hydrogen-bond donors (Lipinski definition) is 2. The molecule has 2 amide bonds. The standard InChI is InChI=1S/C16H21N3O2/c1-18-14(20)16(7-8-16)15(21)19-9-12(13(17)10-19)11-5-3-2-4-6-11/h2-6,12-13H,7-10,17H2,1H3,(H,18,20)/t12-,13+/m0/s1. The largest absolute Gasteiger partial charge is 0.358 e. The molecule has 1 saturated carbocycles. The predicted octanol–water partition coefficient (Wildman–Crippen LogP) is 0.466. The lowest BCUT2D eigenvalue weighted by atomic mass is 9.95. The van der Waals surface area contributed by atoms with Crippen LogP contribution in [0.4, 0.5) is 0 Å². The van der Waals surface area contributed by atoms with E-state index in [2.05, 4.69) is 5.32 Å². The van der Waals surface area contributed by atoms with Gasteiger partial charge in [0.15, 0.2) is 0 Å². The minimum Gasteiger partial charge on any atom is -0.358 e.